The molecule has 1 aromatic heterocycles. The summed E-state index contributed by atoms with van der Waals surface area (Å²) in [5.74, 6) is 1.21. The van der Waals surface area contributed by atoms with Crippen LogP contribution >= 0.6 is 11.3 Å². The van der Waals surface area contributed by atoms with Crippen LogP contribution in [0.4, 0.5) is 0 Å². The molecule has 8 nitrogen and oxygen atoms in total. The number of ether oxygens (including phenoxy) is 3. The maximum atomic E-state index is 12.7. The number of aromatic nitrogens is 1. The lowest BCUT2D eigenvalue weighted by atomic mass is 9.88. The van der Waals surface area contributed by atoms with Crippen LogP contribution in [0.2, 0.25) is 0 Å². The van der Waals surface area contributed by atoms with Crippen LogP contribution in [0.1, 0.15) is 44.7 Å². The minimum Gasteiger partial charge on any atom is -0.494 e. The van der Waals surface area contributed by atoms with E-state index in [2.05, 4.69) is 5.16 Å². The molecule has 0 aliphatic carbocycles. The van der Waals surface area contributed by atoms with E-state index in [0.29, 0.717) is 44.2 Å². The molecular formula is C31H34N2O6S. The third-order valence-electron chi connectivity index (χ3n) is 6.54. The molecule has 210 valence electrons. The van der Waals surface area contributed by atoms with Crippen molar-refractivity contribution >= 4 is 33.2 Å². The second-order valence-electron chi connectivity index (χ2n) is 9.89. The van der Waals surface area contributed by atoms with E-state index in [1.54, 1.807) is 4.57 Å². The van der Waals surface area contributed by atoms with Crippen LogP contribution in [-0.2, 0) is 16.1 Å². The maximum Gasteiger partial charge on any atom is 0.311 e. The van der Waals surface area contributed by atoms with Crippen LogP contribution in [0.25, 0.3) is 10.2 Å². The van der Waals surface area contributed by atoms with Crippen molar-refractivity contribution in [2.75, 3.05) is 19.8 Å². The first-order chi connectivity index (χ1) is 19.3. The lowest BCUT2D eigenvalue weighted by Gasteiger charge is -2.22. The number of carbonyl (C=O) groups is 1. The summed E-state index contributed by atoms with van der Waals surface area (Å²) in [7, 11) is 0. The fourth-order valence-electron chi connectivity index (χ4n) is 4.32. The van der Waals surface area contributed by atoms with Crippen LogP contribution in [-0.4, -0.2) is 41.3 Å². The summed E-state index contributed by atoms with van der Waals surface area (Å²) in [4.78, 5) is 24.6. The third kappa shape index (κ3) is 7.09. The number of benzene rings is 3. The number of hydrogen-bond donors (Lipinski definition) is 1. The van der Waals surface area contributed by atoms with Gasteiger partial charge < -0.3 is 19.4 Å². The summed E-state index contributed by atoms with van der Waals surface area (Å²) in [5.41, 5.74) is 2.25. The molecular weight excluding hydrogens is 528 g/mol. The van der Waals surface area contributed by atoms with Crippen LogP contribution in [0, 0.1) is 5.41 Å². The summed E-state index contributed by atoms with van der Waals surface area (Å²) < 4.78 is 19.3. The molecule has 4 aromatic rings. The van der Waals surface area contributed by atoms with Gasteiger partial charge in [-0.1, -0.05) is 52.9 Å². The highest BCUT2D eigenvalue weighted by molar-refractivity contribution is 7.16. The number of fused-ring (bicyclic) bond motifs is 1. The Morgan fingerprint density at radius 2 is 1.62 bits per heavy atom. The lowest BCUT2D eigenvalue weighted by Crippen LogP contribution is -2.27. The summed E-state index contributed by atoms with van der Waals surface area (Å²) in [5, 5.41) is 13.1. The average molecular weight is 563 g/mol. The number of esters is 1. The number of carbonyl (C=O) groups excluding carboxylic acids is 1. The predicted molar refractivity (Wildman–Crippen MR) is 157 cm³/mol. The van der Waals surface area contributed by atoms with Crippen LogP contribution in [0.3, 0.4) is 0 Å². The largest absolute Gasteiger partial charge is 0.494 e. The van der Waals surface area contributed by atoms with Crippen LogP contribution in [0.5, 0.6) is 11.5 Å². The van der Waals surface area contributed by atoms with Crippen LogP contribution in [0.15, 0.2) is 82.7 Å². The normalized spacial score (nSPS) is 11.9. The quantitative estimate of drug-likeness (QED) is 0.0693. The second-order valence-corrected chi connectivity index (χ2v) is 10.9. The van der Waals surface area contributed by atoms with Gasteiger partial charge in [0.25, 0.3) is 0 Å². The molecule has 40 heavy (non-hydrogen) atoms. The molecule has 0 aliphatic heterocycles. The number of hydrogen-bond acceptors (Lipinski definition) is 8. The number of nitrogens with zero attached hydrogens (tertiary/aromatic N) is 2. The number of thiazole rings is 1. The van der Waals surface area contributed by atoms with E-state index >= 15 is 0 Å². The smallest absolute Gasteiger partial charge is 0.311 e. The fraction of sp³-hybridized carbons (Fsp3) is 0.323. The molecule has 0 atom stereocenters. The Morgan fingerprint density at radius 1 is 0.950 bits per heavy atom. The Morgan fingerprint density at radius 3 is 2.27 bits per heavy atom. The maximum absolute atomic E-state index is 12.7. The molecule has 0 radical (unpaired) electrons. The van der Waals surface area contributed by atoms with Gasteiger partial charge in [0, 0.05) is 11.1 Å². The van der Waals surface area contributed by atoms with E-state index in [1.165, 1.54) is 0 Å². The van der Waals surface area contributed by atoms with Crippen molar-refractivity contribution in [2.45, 2.75) is 40.2 Å². The van der Waals surface area contributed by atoms with Gasteiger partial charge in [-0.25, -0.2) is 0 Å². The summed E-state index contributed by atoms with van der Waals surface area (Å²) in [6.45, 7) is 7.17. The van der Waals surface area contributed by atoms with Crippen molar-refractivity contribution < 1.29 is 24.2 Å². The van der Waals surface area contributed by atoms with Gasteiger partial charge >= 0.3 is 10.8 Å². The predicted octanol–water partition coefficient (Wildman–Crippen LogP) is 6.12. The van der Waals surface area contributed by atoms with Crippen molar-refractivity contribution in [3.05, 3.63) is 93.6 Å². The zero-order valence-corrected chi connectivity index (χ0v) is 23.8. The highest BCUT2D eigenvalue weighted by Crippen LogP contribution is 2.25. The molecule has 0 aliphatic rings. The molecule has 0 saturated carbocycles. The van der Waals surface area contributed by atoms with E-state index in [0.717, 1.165) is 44.9 Å². The molecule has 0 fully saturated rings. The van der Waals surface area contributed by atoms with Crippen LogP contribution < -0.4 is 14.3 Å². The van der Waals surface area contributed by atoms with Gasteiger partial charge in [0.05, 0.1) is 35.4 Å². The monoisotopic (exact) mass is 562 g/mol. The van der Waals surface area contributed by atoms with E-state index < -0.39 is 5.41 Å². The molecule has 0 unspecified atom stereocenters. The number of rotatable bonds is 13. The Kier molecular flexibility index (Phi) is 9.60. The minimum absolute atomic E-state index is 0.0761. The van der Waals surface area contributed by atoms with E-state index in [1.807, 2.05) is 93.6 Å². The zero-order chi connectivity index (χ0) is 28.5. The standard InChI is InChI=1S/C31H34N2O6S/c1-4-37-29(34)31(2,3)17-8-19-38-24-12-14-25(15-13-24)39-20-18-33-26-16-11-23(21-27(26)40-30(33)35)28(32-36)22-9-6-5-7-10-22/h5-7,9-16,21,36H,4,8,17-20H2,1-3H3/b32-28+. The van der Waals surface area contributed by atoms with Gasteiger partial charge in [-0.3, -0.25) is 14.2 Å². The molecule has 0 bridgehead atoms. The van der Waals surface area contributed by atoms with Crippen molar-refractivity contribution in [3.8, 4) is 11.5 Å². The van der Waals surface area contributed by atoms with Crippen molar-refractivity contribution in [1.29, 1.82) is 0 Å². The molecule has 1 N–H and O–H groups in total. The summed E-state index contributed by atoms with van der Waals surface area (Å²) >= 11 is 1.15. The summed E-state index contributed by atoms with van der Waals surface area (Å²) in [6, 6.07) is 22.3. The second kappa shape index (κ2) is 13.3. The fourth-order valence-corrected chi connectivity index (χ4v) is 5.28. The molecule has 0 amide bonds. The lowest BCUT2D eigenvalue weighted by molar-refractivity contribution is -0.153. The van der Waals surface area contributed by atoms with Gasteiger partial charge in [0.15, 0.2) is 0 Å². The van der Waals surface area contributed by atoms with E-state index in [4.69, 9.17) is 14.2 Å². The highest BCUT2D eigenvalue weighted by atomic mass is 32.1. The molecule has 1 heterocycles. The van der Waals surface area contributed by atoms with E-state index in [9.17, 15) is 14.8 Å². The van der Waals surface area contributed by atoms with E-state index in [-0.39, 0.29) is 10.8 Å². The molecule has 0 saturated heterocycles. The first kappa shape index (κ1) is 28.9. The van der Waals surface area contributed by atoms with Crippen molar-refractivity contribution in [3.63, 3.8) is 0 Å². The first-order valence-corrected chi connectivity index (χ1v) is 14.1. The molecule has 3 aromatic carbocycles. The zero-order valence-electron chi connectivity index (χ0n) is 23.0. The number of oxime groups is 1. The highest BCUT2D eigenvalue weighted by Gasteiger charge is 2.28. The Hall–Kier alpha value is -4.11. The van der Waals surface area contributed by atoms with Gasteiger partial charge in [0.1, 0.15) is 23.8 Å². The van der Waals surface area contributed by atoms with Gasteiger partial charge in [-0.15, -0.1) is 0 Å². The summed E-state index contributed by atoms with van der Waals surface area (Å²) in [6.07, 6.45) is 1.41. The molecule has 4 rings (SSSR count). The van der Waals surface area contributed by atoms with Gasteiger partial charge in [0.2, 0.25) is 0 Å². The van der Waals surface area contributed by atoms with Crippen molar-refractivity contribution in [2.24, 2.45) is 10.6 Å². The molecule has 0 spiro atoms. The topological polar surface area (TPSA) is 99.4 Å². The first-order valence-electron chi connectivity index (χ1n) is 13.3. The molecule has 9 heteroatoms. The van der Waals surface area contributed by atoms with Gasteiger partial charge in [-0.05, 0) is 70.0 Å². The van der Waals surface area contributed by atoms with Crippen molar-refractivity contribution in [1.82, 2.24) is 4.57 Å². The Labute approximate surface area is 237 Å². The average Bonchev–Trinajstić information content (AvgIpc) is 3.27. The Balaban J connectivity index is 1.30. The third-order valence-corrected chi connectivity index (χ3v) is 7.48. The van der Waals surface area contributed by atoms with Gasteiger partial charge in [-0.2, -0.15) is 0 Å². The Bertz CT molecular complexity index is 1510. The minimum atomic E-state index is -0.534. The SMILES string of the molecule is CCOC(=O)C(C)(C)CCCOc1ccc(OCCn2c(=O)sc3cc(/C(=N/O)c4ccccc4)ccc32)cc1.